The molecule has 8 heteroatoms. The molecule has 0 aliphatic rings. The molecule has 0 saturated carbocycles. The molecular weight excluding hydrogens is 236 g/mol. The third kappa shape index (κ3) is 3.04. The fraction of sp³-hybridized carbons (Fsp3) is 0.500. The van der Waals surface area contributed by atoms with Gasteiger partial charge in [-0.3, -0.25) is 4.79 Å². The van der Waals surface area contributed by atoms with E-state index in [9.17, 15) is 13.2 Å². The highest BCUT2D eigenvalue weighted by atomic mass is 32.2. The lowest BCUT2D eigenvalue weighted by Crippen LogP contribution is -2.37. The first kappa shape index (κ1) is 12.7. The van der Waals surface area contributed by atoms with Crippen molar-refractivity contribution in [1.82, 2.24) is 9.88 Å². The Kier molecular flexibility index (Phi) is 3.66. The molecular formula is C8H12N2O5S. The van der Waals surface area contributed by atoms with Gasteiger partial charge in [0, 0.05) is 6.07 Å². The van der Waals surface area contributed by atoms with Gasteiger partial charge in [-0.05, 0) is 13.8 Å². The molecule has 1 aromatic rings. The van der Waals surface area contributed by atoms with Gasteiger partial charge in [-0.2, -0.15) is 0 Å². The fourth-order valence-corrected chi connectivity index (χ4v) is 1.79. The lowest BCUT2D eigenvalue weighted by Gasteiger charge is -2.08. The van der Waals surface area contributed by atoms with Gasteiger partial charge in [-0.1, -0.05) is 5.16 Å². The summed E-state index contributed by atoms with van der Waals surface area (Å²) >= 11 is 0. The van der Waals surface area contributed by atoms with E-state index in [0.29, 0.717) is 11.5 Å². The molecule has 0 aliphatic heterocycles. The van der Waals surface area contributed by atoms with Crippen LogP contribution in [0, 0.1) is 6.92 Å². The number of hydrogen-bond donors (Lipinski definition) is 2. The first-order chi connectivity index (χ1) is 7.33. The van der Waals surface area contributed by atoms with Crippen molar-refractivity contribution < 1.29 is 22.8 Å². The highest BCUT2D eigenvalue weighted by Crippen LogP contribution is 2.04. The van der Waals surface area contributed by atoms with Crippen molar-refractivity contribution in [2.75, 3.05) is 0 Å². The van der Waals surface area contributed by atoms with Crippen molar-refractivity contribution in [3.8, 4) is 0 Å². The quantitative estimate of drug-likeness (QED) is 0.751. The number of hydrogen-bond acceptors (Lipinski definition) is 5. The van der Waals surface area contributed by atoms with Crippen LogP contribution in [-0.2, 0) is 21.4 Å². The van der Waals surface area contributed by atoms with Crippen molar-refractivity contribution in [3.63, 3.8) is 0 Å². The summed E-state index contributed by atoms with van der Waals surface area (Å²) in [5.41, 5.74) is 0.625. The summed E-state index contributed by atoms with van der Waals surface area (Å²) in [6.45, 7) is 2.68. The molecule has 2 N–H and O–H groups in total. The van der Waals surface area contributed by atoms with Crippen LogP contribution < -0.4 is 4.72 Å². The average Bonchev–Trinajstić information content (AvgIpc) is 2.60. The van der Waals surface area contributed by atoms with E-state index in [-0.39, 0.29) is 6.54 Å². The molecule has 1 unspecified atom stereocenters. The zero-order valence-corrected chi connectivity index (χ0v) is 9.61. The number of nitrogens with one attached hydrogen (secondary N) is 1. The number of carboxylic acids is 1. The van der Waals surface area contributed by atoms with Crippen LogP contribution in [0.2, 0.25) is 0 Å². The van der Waals surface area contributed by atoms with E-state index >= 15 is 0 Å². The fourth-order valence-electron chi connectivity index (χ4n) is 0.929. The predicted octanol–water partition coefficient (Wildman–Crippen LogP) is -0.124. The number of aliphatic carboxylic acids is 1. The zero-order valence-electron chi connectivity index (χ0n) is 8.80. The molecule has 1 atom stereocenters. The van der Waals surface area contributed by atoms with E-state index in [0.717, 1.165) is 6.92 Å². The molecule has 0 fully saturated rings. The predicted molar refractivity (Wildman–Crippen MR) is 54.1 cm³/mol. The smallest absolute Gasteiger partial charge is 0.323 e. The third-order valence-corrected chi connectivity index (χ3v) is 3.62. The molecule has 0 aromatic carbocycles. The summed E-state index contributed by atoms with van der Waals surface area (Å²) in [6, 6.07) is 1.56. The van der Waals surface area contributed by atoms with Crippen molar-refractivity contribution in [2.24, 2.45) is 0 Å². The molecule has 0 saturated heterocycles. The van der Waals surface area contributed by atoms with E-state index in [1.807, 2.05) is 0 Å². The number of carbonyl (C=O) groups is 1. The number of sulfonamides is 1. The maximum atomic E-state index is 11.4. The maximum absolute atomic E-state index is 11.4. The minimum atomic E-state index is -3.89. The Morgan fingerprint density at radius 1 is 1.69 bits per heavy atom. The molecule has 7 nitrogen and oxygen atoms in total. The zero-order chi connectivity index (χ0) is 12.3. The Morgan fingerprint density at radius 3 is 2.75 bits per heavy atom. The Hall–Kier alpha value is -1.41. The maximum Gasteiger partial charge on any atom is 0.323 e. The summed E-state index contributed by atoms with van der Waals surface area (Å²) < 4.78 is 29.7. The molecule has 0 radical (unpaired) electrons. The molecule has 16 heavy (non-hydrogen) atoms. The van der Waals surface area contributed by atoms with Crippen molar-refractivity contribution in [1.29, 1.82) is 0 Å². The summed E-state index contributed by atoms with van der Waals surface area (Å²) in [7, 11) is -3.89. The number of nitrogens with zero attached hydrogens (tertiary/aromatic N) is 1. The summed E-state index contributed by atoms with van der Waals surface area (Å²) in [6.07, 6.45) is 0. The van der Waals surface area contributed by atoms with Gasteiger partial charge in [-0.15, -0.1) is 0 Å². The van der Waals surface area contributed by atoms with Crippen molar-refractivity contribution in [3.05, 3.63) is 17.5 Å². The molecule has 0 spiro atoms. The monoisotopic (exact) mass is 248 g/mol. The molecule has 1 rings (SSSR count). The van der Waals surface area contributed by atoms with Crippen molar-refractivity contribution in [2.45, 2.75) is 25.6 Å². The number of aryl methyl sites for hydroxylation is 1. The average molecular weight is 248 g/mol. The van der Waals surface area contributed by atoms with Crippen LogP contribution in [0.3, 0.4) is 0 Å². The number of aromatic nitrogens is 1. The van der Waals surface area contributed by atoms with Crippen LogP contribution in [0.1, 0.15) is 18.4 Å². The van der Waals surface area contributed by atoms with E-state index in [2.05, 4.69) is 9.88 Å². The van der Waals surface area contributed by atoms with E-state index in [4.69, 9.17) is 9.63 Å². The molecule has 1 heterocycles. The van der Waals surface area contributed by atoms with Crippen LogP contribution in [-0.4, -0.2) is 29.9 Å². The van der Waals surface area contributed by atoms with Crippen LogP contribution in [0.5, 0.6) is 0 Å². The Balaban J connectivity index is 2.65. The third-order valence-electron chi connectivity index (χ3n) is 1.94. The van der Waals surface area contributed by atoms with Gasteiger partial charge in [0.15, 0.2) is 11.0 Å². The van der Waals surface area contributed by atoms with Gasteiger partial charge in [0.2, 0.25) is 10.0 Å². The van der Waals surface area contributed by atoms with Gasteiger partial charge in [-0.25, -0.2) is 13.1 Å². The highest BCUT2D eigenvalue weighted by Gasteiger charge is 2.27. The Morgan fingerprint density at radius 2 is 2.31 bits per heavy atom. The topological polar surface area (TPSA) is 110 Å². The number of rotatable bonds is 5. The molecule has 1 aromatic heterocycles. The SMILES string of the molecule is Cc1cc(CNS(=O)(=O)C(C)C(=O)O)on1. The molecule has 0 aliphatic carbocycles. The molecule has 0 bridgehead atoms. The molecule has 90 valence electrons. The van der Waals surface area contributed by atoms with Crippen LogP contribution in [0.4, 0.5) is 0 Å². The molecule has 0 amide bonds. The largest absolute Gasteiger partial charge is 0.480 e. The Bertz CT molecular complexity index is 478. The van der Waals surface area contributed by atoms with Gasteiger partial charge < -0.3 is 9.63 Å². The second-order valence-corrected chi connectivity index (χ2v) is 5.37. The minimum Gasteiger partial charge on any atom is -0.480 e. The van der Waals surface area contributed by atoms with Gasteiger partial charge in [0.1, 0.15) is 0 Å². The normalized spacial score (nSPS) is 13.6. The van der Waals surface area contributed by atoms with E-state index < -0.39 is 21.2 Å². The van der Waals surface area contributed by atoms with Crippen LogP contribution >= 0.6 is 0 Å². The number of carboxylic acid groups (broad SMARTS) is 1. The lowest BCUT2D eigenvalue weighted by molar-refractivity contribution is -0.136. The summed E-state index contributed by atoms with van der Waals surface area (Å²) in [5, 5.41) is 10.6. The van der Waals surface area contributed by atoms with Crippen LogP contribution in [0.15, 0.2) is 10.6 Å². The standard InChI is InChI=1S/C8H12N2O5S/c1-5-3-7(15-10-5)4-9-16(13,14)6(2)8(11)12/h3,6,9H,4H2,1-2H3,(H,11,12). The van der Waals surface area contributed by atoms with E-state index in [1.54, 1.807) is 13.0 Å². The summed E-state index contributed by atoms with van der Waals surface area (Å²) in [5.74, 6) is -1.07. The highest BCUT2D eigenvalue weighted by molar-refractivity contribution is 7.90. The Labute approximate surface area is 92.5 Å². The summed E-state index contributed by atoms with van der Waals surface area (Å²) in [4.78, 5) is 10.5. The second-order valence-electron chi connectivity index (χ2n) is 3.28. The first-order valence-electron chi connectivity index (χ1n) is 4.46. The second kappa shape index (κ2) is 4.62. The van der Waals surface area contributed by atoms with Crippen LogP contribution in [0.25, 0.3) is 0 Å². The first-order valence-corrected chi connectivity index (χ1v) is 6.01. The van der Waals surface area contributed by atoms with Gasteiger partial charge >= 0.3 is 5.97 Å². The van der Waals surface area contributed by atoms with Crippen molar-refractivity contribution >= 4 is 16.0 Å². The van der Waals surface area contributed by atoms with E-state index in [1.165, 1.54) is 0 Å². The van der Waals surface area contributed by atoms with Gasteiger partial charge in [0.25, 0.3) is 0 Å². The minimum absolute atomic E-state index is 0.110. The van der Waals surface area contributed by atoms with Gasteiger partial charge in [0.05, 0.1) is 12.2 Å². The lowest BCUT2D eigenvalue weighted by atomic mass is 10.4.